The van der Waals surface area contributed by atoms with Crippen LogP contribution in [-0.2, 0) is 23.3 Å². The zero-order valence-electron chi connectivity index (χ0n) is 15.2. The Labute approximate surface area is 165 Å². The average molecular weight is 401 g/mol. The SMILES string of the molecule is COC(=O)c1ccc(CSc2nc3sc4c(c3c(=O)[nH]2)CC[C@H](C)C4)cc1. The minimum atomic E-state index is -0.346. The molecule has 1 aliphatic rings. The van der Waals surface area contributed by atoms with Gasteiger partial charge in [-0.25, -0.2) is 9.78 Å². The van der Waals surface area contributed by atoms with Crippen LogP contribution in [0.5, 0.6) is 0 Å². The lowest BCUT2D eigenvalue weighted by molar-refractivity contribution is 0.0600. The third-order valence-electron chi connectivity index (χ3n) is 4.89. The molecule has 0 spiro atoms. The number of nitrogens with one attached hydrogen (secondary N) is 1. The lowest BCUT2D eigenvalue weighted by Gasteiger charge is -2.17. The van der Waals surface area contributed by atoms with Crippen LogP contribution in [-0.4, -0.2) is 23.0 Å². The molecule has 2 heterocycles. The fraction of sp³-hybridized carbons (Fsp3) is 0.350. The molecule has 0 fully saturated rings. The van der Waals surface area contributed by atoms with Crippen molar-refractivity contribution in [3.8, 4) is 0 Å². The second kappa shape index (κ2) is 7.48. The zero-order valence-corrected chi connectivity index (χ0v) is 16.8. The zero-order chi connectivity index (χ0) is 19.0. The van der Waals surface area contributed by atoms with Gasteiger partial charge < -0.3 is 9.72 Å². The highest BCUT2D eigenvalue weighted by atomic mass is 32.2. The molecule has 0 bridgehead atoms. The van der Waals surface area contributed by atoms with Crippen LogP contribution in [0.3, 0.4) is 0 Å². The number of thioether (sulfide) groups is 1. The van der Waals surface area contributed by atoms with Crippen LogP contribution >= 0.6 is 23.1 Å². The number of fused-ring (bicyclic) bond motifs is 3. The molecule has 1 N–H and O–H groups in total. The van der Waals surface area contributed by atoms with Crippen molar-refractivity contribution in [1.82, 2.24) is 9.97 Å². The summed E-state index contributed by atoms with van der Waals surface area (Å²) in [6, 6.07) is 7.27. The number of carbonyl (C=O) groups is 1. The van der Waals surface area contributed by atoms with Crippen LogP contribution in [0.15, 0.2) is 34.2 Å². The van der Waals surface area contributed by atoms with Crippen molar-refractivity contribution in [2.24, 2.45) is 5.92 Å². The second-order valence-corrected chi connectivity index (χ2v) is 8.93. The number of methoxy groups -OCH3 is 1. The largest absolute Gasteiger partial charge is 0.465 e. The van der Waals surface area contributed by atoms with Crippen LogP contribution in [0.4, 0.5) is 0 Å². The molecule has 0 unspecified atom stereocenters. The van der Waals surface area contributed by atoms with Gasteiger partial charge in [0, 0.05) is 10.6 Å². The molecular formula is C20H20N2O3S2. The molecule has 0 saturated heterocycles. The molecule has 0 amide bonds. The summed E-state index contributed by atoms with van der Waals surface area (Å²) in [5, 5.41) is 1.42. The van der Waals surface area contributed by atoms with Crippen molar-refractivity contribution in [2.75, 3.05) is 7.11 Å². The molecule has 1 aliphatic carbocycles. The highest BCUT2D eigenvalue weighted by Crippen LogP contribution is 2.36. The summed E-state index contributed by atoms with van der Waals surface area (Å²) in [6.45, 7) is 2.26. The Morgan fingerprint density at radius 1 is 1.37 bits per heavy atom. The van der Waals surface area contributed by atoms with Gasteiger partial charge in [-0.1, -0.05) is 30.8 Å². The number of ether oxygens (including phenoxy) is 1. The predicted molar refractivity (Wildman–Crippen MR) is 109 cm³/mol. The van der Waals surface area contributed by atoms with E-state index in [1.54, 1.807) is 23.5 Å². The van der Waals surface area contributed by atoms with E-state index in [-0.39, 0.29) is 11.5 Å². The van der Waals surface area contributed by atoms with E-state index in [9.17, 15) is 9.59 Å². The molecule has 2 aromatic heterocycles. The molecule has 5 nitrogen and oxygen atoms in total. The summed E-state index contributed by atoms with van der Waals surface area (Å²) < 4.78 is 4.71. The maximum absolute atomic E-state index is 12.6. The Hall–Kier alpha value is -2.12. The number of thiophene rings is 1. The van der Waals surface area contributed by atoms with Gasteiger partial charge in [0.1, 0.15) is 4.83 Å². The summed E-state index contributed by atoms with van der Waals surface area (Å²) >= 11 is 3.16. The van der Waals surface area contributed by atoms with Gasteiger partial charge in [0.05, 0.1) is 18.1 Å². The Morgan fingerprint density at radius 3 is 2.89 bits per heavy atom. The number of aromatic amines is 1. The van der Waals surface area contributed by atoms with Crippen LogP contribution in [0.1, 0.15) is 39.7 Å². The number of rotatable bonds is 4. The van der Waals surface area contributed by atoms with Crippen molar-refractivity contribution in [3.63, 3.8) is 0 Å². The van der Waals surface area contributed by atoms with E-state index in [1.165, 1.54) is 29.3 Å². The molecule has 0 radical (unpaired) electrons. The van der Waals surface area contributed by atoms with Crippen molar-refractivity contribution >= 4 is 39.3 Å². The smallest absolute Gasteiger partial charge is 0.337 e. The Morgan fingerprint density at radius 2 is 2.15 bits per heavy atom. The normalized spacial score (nSPS) is 16.3. The number of esters is 1. The first-order valence-electron chi connectivity index (χ1n) is 8.89. The predicted octanol–water partition coefficient (Wildman–Crippen LogP) is 4.19. The quantitative estimate of drug-likeness (QED) is 0.404. The van der Waals surface area contributed by atoms with E-state index in [4.69, 9.17) is 9.72 Å². The second-order valence-electron chi connectivity index (χ2n) is 6.88. The van der Waals surface area contributed by atoms with Crippen molar-refractivity contribution < 1.29 is 9.53 Å². The number of benzene rings is 1. The monoisotopic (exact) mass is 400 g/mol. The van der Waals surface area contributed by atoms with Gasteiger partial charge in [0.25, 0.3) is 5.56 Å². The summed E-state index contributed by atoms with van der Waals surface area (Å²) in [5.41, 5.74) is 2.75. The Balaban J connectivity index is 1.54. The summed E-state index contributed by atoms with van der Waals surface area (Å²) in [4.78, 5) is 33.9. The average Bonchev–Trinajstić information content (AvgIpc) is 3.03. The lowest BCUT2D eigenvalue weighted by atomic mass is 9.89. The topological polar surface area (TPSA) is 72.0 Å². The molecule has 0 saturated carbocycles. The standard InChI is InChI=1S/C20H20N2O3S2/c1-11-3-8-14-15(9-11)27-18-16(14)17(23)21-20(22-18)26-10-12-4-6-13(7-5-12)19(24)25-2/h4-7,11H,3,8-10H2,1-2H3,(H,21,22,23)/t11-/m0/s1. The van der Waals surface area contributed by atoms with E-state index in [0.29, 0.717) is 22.4 Å². The van der Waals surface area contributed by atoms with Crippen LogP contribution < -0.4 is 5.56 Å². The van der Waals surface area contributed by atoms with E-state index in [0.717, 1.165) is 35.0 Å². The van der Waals surface area contributed by atoms with Crippen LogP contribution in [0.25, 0.3) is 10.2 Å². The maximum Gasteiger partial charge on any atom is 0.337 e. The van der Waals surface area contributed by atoms with Crippen molar-refractivity contribution in [2.45, 2.75) is 37.1 Å². The molecule has 1 atom stereocenters. The number of nitrogens with zero attached hydrogens (tertiary/aromatic N) is 1. The fourth-order valence-electron chi connectivity index (χ4n) is 3.40. The molecule has 3 aromatic rings. The molecule has 1 aromatic carbocycles. The molecule has 140 valence electrons. The lowest BCUT2D eigenvalue weighted by Crippen LogP contribution is -2.13. The number of carbonyl (C=O) groups excluding carboxylic acids is 1. The highest BCUT2D eigenvalue weighted by molar-refractivity contribution is 7.98. The van der Waals surface area contributed by atoms with Crippen molar-refractivity contribution in [1.29, 1.82) is 0 Å². The van der Waals surface area contributed by atoms with Gasteiger partial charge in [-0.05, 0) is 48.4 Å². The number of hydrogen-bond donors (Lipinski definition) is 1. The summed E-state index contributed by atoms with van der Waals surface area (Å²) in [7, 11) is 1.37. The van der Waals surface area contributed by atoms with E-state index in [1.807, 2.05) is 12.1 Å². The number of aryl methyl sites for hydroxylation is 1. The van der Waals surface area contributed by atoms with E-state index in [2.05, 4.69) is 11.9 Å². The first kappa shape index (κ1) is 18.3. The fourth-order valence-corrected chi connectivity index (χ4v) is 5.66. The van der Waals surface area contributed by atoms with E-state index >= 15 is 0 Å². The molecule has 27 heavy (non-hydrogen) atoms. The van der Waals surface area contributed by atoms with Crippen molar-refractivity contribution in [3.05, 3.63) is 56.2 Å². The number of aromatic nitrogens is 2. The third kappa shape index (κ3) is 3.66. The maximum atomic E-state index is 12.6. The van der Waals surface area contributed by atoms with Crippen LogP contribution in [0, 0.1) is 5.92 Å². The van der Waals surface area contributed by atoms with Gasteiger partial charge in [-0.2, -0.15) is 0 Å². The minimum Gasteiger partial charge on any atom is -0.465 e. The van der Waals surface area contributed by atoms with Gasteiger partial charge in [-0.15, -0.1) is 11.3 Å². The van der Waals surface area contributed by atoms with E-state index < -0.39 is 0 Å². The molecule has 0 aliphatic heterocycles. The number of H-pyrrole nitrogens is 1. The Bertz CT molecular complexity index is 1050. The highest BCUT2D eigenvalue weighted by Gasteiger charge is 2.23. The third-order valence-corrected chi connectivity index (χ3v) is 6.99. The molecular weight excluding hydrogens is 380 g/mol. The van der Waals surface area contributed by atoms with Crippen LogP contribution in [0.2, 0.25) is 0 Å². The Kier molecular flexibility index (Phi) is 5.06. The first-order chi connectivity index (χ1) is 13.0. The number of hydrogen-bond acceptors (Lipinski definition) is 6. The molecule has 4 rings (SSSR count). The minimum absolute atomic E-state index is 0.0319. The molecule has 7 heteroatoms. The first-order valence-corrected chi connectivity index (χ1v) is 10.7. The van der Waals surface area contributed by atoms with Gasteiger partial charge >= 0.3 is 5.97 Å². The van der Waals surface area contributed by atoms with Gasteiger partial charge in [-0.3, -0.25) is 4.79 Å². The summed E-state index contributed by atoms with van der Waals surface area (Å²) in [6.07, 6.45) is 3.15. The van der Waals surface area contributed by atoms with Gasteiger partial charge in [0.15, 0.2) is 5.16 Å². The van der Waals surface area contributed by atoms with Gasteiger partial charge in [0.2, 0.25) is 0 Å². The summed E-state index contributed by atoms with van der Waals surface area (Å²) in [5.74, 6) is 0.992.